The van der Waals surface area contributed by atoms with E-state index in [-0.39, 0.29) is 0 Å². The molecule has 60 heavy (non-hydrogen) atoms. The molecule has 11 rings (SSSR count). The van der Waals surface area contributed by atoms with Crippen molar-refractivity contribution in [3.63, 3.8) is 0 Å². The Hall–Kier alpha value is -7.52. The molecule has 10 aromatic carbocycles. The predicted octanol–water partition coefficient (Wildman–Crippen LogP) is 17.0. The second-order valence-corrected chi connectivity index (χ2v) is 16.4. The highest BCUT2D eigenvalue weighted by Gasteiger charge is 2.23. The molecule has 0 aliphatic rings. The Kier molecular flexibility index (Phi) is 9.11. The maximum atomic E-state index is 2.46. The largest absolute Gasteiger partial charge is 0.310 e. The van der Waals surface area contributed by atoms with Crippen molar-refractivity contribution in [1.82, 2.24) is 0 Å². The molecular formula is C58H39NS. The second-order valence-electron chi connectivity index (χ2n) is 15.3. The molecule has 0 fully saturated rings. The number of hydrogen-bond acceptors (Lipinski definition) is 2. The Labute approximate surface area is 354 Å². The predicted molar refractivity (Wildman–Crippen MR) is 259 cm³/mol. The van der Waals surface area contributed by atoms with Gasteiger partial charge in [-0.05, 0) is 103 Å². The highest BCUT2D eigenvalue weighted by atomic mass is 32.1. The molecule has 1 nitrogen and oxygen atoms in total. The number of hydrogen-bond donors (Lipinski definition) is 0. The van der Waals surface area contributed by atoms with Crippen LogP contribution in [0, 0.1) is 0 Å². The van der Waals surface area contributed by atoms with Gasteiger partial charge in [-0.15, -0.1) is 11.3 Å². The van der Waals surface area contributed by atoms with Crippen LogP contribution < -0.4 is 4.90 Å². The molecule has 0 saturated heterocycles. The minimum Gasteiger partial charge on any atom is -0.310 e. The van der Waals surface area contributed by atoms with Gasteiger partial charge in [0.1, 0.15) is 0 Å². The van der Waals surface area contributed by atoms with Crippen molar-refractivity contribution >= 4 is 59.3 Å². The van der Waals surface area contributed by atoms with Crippen LogP contribution in [0.25, 0.3) is 86.6 Å². The minimum atomic E-state index is 1.09. The van der Waals surface area contributed by atoms with E-state index in [1.54, 1.807) is 0 Å². The van der Waals surface area contributed by atoms with Crippen molar-refractivity contribution in [3.05, 3.63) is 237 Å². The number of anilines is 3. The van der Waals surface area contributed by atoms with Gasteiger partial charge in [0.2, 0.25) is 0 Å². The Morgan fingerprint density at radius 3 is 1.57 bits per heavy atom. The smallest absolute Gasteiger partial charge is 0.0546 e. The van der Waals surface area contributed by atoms with E-state index in [4.69, 9.17) is 0 Å². The lowest BCUT2D eigenvalue weighted by atomic mass is 9.87. The summed E-state index contributed by atoms with van der Waals surface area (Å²) in [7, 11) is 0. The van der Waals surface area contributed by atoms with E-state index in [1.807, 2.05) is 11.3 Å². The fraction of sp³-hybridized carbons (Fsp3) is 0. The first-order valence-electron chi connectivity index (χ1n) is 20.5. The van der Waals surface area contributed by atoms with Crippen LogP contribution in [0.15, 0.2) is 237 Å². The highest BCUT2D eigenvalue weighted by molar-refractivity contribution is 7.25. The van der Waals surface area contributed by atoms with Crippen molar-refractivity contribution < 1.29 is 0 Å². The molecule has 1 heterocycles. The molecule has 0 aliphatic heterocycles. The van der Waals surface area contributed by atoms with Gasteiger partial charge in [-0.2, -0.15) is 0 Å². The Morgan fingerprint density at radius 2 is 0.817 bits per heavy atom. The zero-order valence-electron chi connectivity index (χ0n) is 32.9. The third kappa shape index (κ3) is 6.54. The Morgan fingerprint density at radius 1 is 0.283 bits per heavy atom. The van der Waals surface area contributed by atoms with Gasteiger partial charge in [0.05, 0.1) is 5.69 Å². The third-order valence-electron chi connectivity index (χ3n) is 11.7. The van der Waals surface area contributed by atoms with Crippen LogP contribution >= 0.6 is 11.3 Å². The van der Waals surface area contributed by atoms with Crippen LogP contribution in [0.1, 0.15) is 0 Å². The summed E-state index contributed by atoms with van der Waals surface area (Å²) in [5, 5.41) is 5.10. The molecule has 282 valence electrons. The zero-order chi connectivity index (χ0) is 39.8. The van der Waals surface area contributed by atoms with Crippen LogP contribution in [0.3, 0.4) is 0 Å². The van der Waals surface area contributed by atoms with Gasteiger partial charge >= 0.3 is 0 Å². The van der Waals surface area contributed by atoms with Gasteiger partial charge in [0.25, 0.3) is 0 Å². The average Bonchev–Trinajstić information content (AvgIpc) is 3.70. The lowest BCUT2D eigenvalue weighted by Crippen LogP contribution is -2.12. The quantitative estimate of drug-likeness (QED) is 0.148. The summed E-state index contributed by atoms with van der Waals surface area (Å²) in [5.74, 6) is 0. The molecular weight excluding hydrogens is 743 g/mol. The number of thiophene rings is 1. The third-order valence-corrected chi connectivity index (χ3v) is 12.8. The van der Waals surface area contributed by atoms with Crippen molar-refractivity contribution in [2.75, 3.05) is 4.90 Å². The van der Waals surface area contributed by atoms with Crippen LogP contribution in [0.5, 0.6) is 0 Å². The molecule has 0 N–H and O–H groups in total. The van der Waals surface area contributed by atoms with Crippen LogP contribution in [0.4, 0.5) is 17.1 Å². The molecule has 0 aliphatic carbocycles. The molecule has 0 radical (unpaired) electrons. The van der Waals surface area contributed by atoms with E-state index in [0.29, 0.717) is 0 Å². The molecule has 0 spiro atoms. The van der Waals surface area contributed by atoms with E-state index in [9.17, 15) is 0 Å². The van der Waals surface area contributed by atoms with E-state index in [0.717, 1.165) is 17.1 Å². The van der Waals surface area contributed by atoms with Gasteiger partial charge in [-0.1, -0.05) is 194 Å². The van der Waals surface area contributed by atoms with Gasteiger partial charge in [0.15, 0.2) is 0 Å². The second kappa shape index (κ2) is 15.3. The number of nitrogens with zero attached hydrogens (tertiary/aromatic N) is 1. The Balaban J connectivity index is 1.07. The van der Waals surface area contributed by atoms with Crippen molar-refractivity contribution in [1.29, 1.82) is 0 Å². The molecule has 2 heteroatoms. The topological polar surface area (TPSA) is 3.24 Å². The van der Waals surface area contributed by atoms with E-state index in [2.05, 4.69) is 241 Å². The number of fused-ring (bicyclic) bond motifs is 4. The first-order chi connectivity index (χ1) is 29.7. The summed E-state index contributed by atoms with van der Waals surface area (Å²) in [6.07, 6.45) is 0. The monoisotopic (exact) mass is 781 g/mol. The number of rotatable bonds is 8. The van der Waals surface area contributed by atoms with Crippen molar-refractivity contribution in [3.8, 4) is 55.6 Å². The molecule has 0 amide bonds. The van der Waals surface area contributed by atoms with Crippen molar-refractivity contribution in [2.24, 2.45) is 0 Å². The lowest BCUT2D eigenvalue weighted by Gasteiger charge is -2.30. The van der Waals surface area contributed by atoms with E-state index in [1.165, 1.54) is 86.6 Å². The summed E-state index contributed by atoms with van der Waals surface area (Å²) in [5.41, 5.74) is 15.3. The van der Waals surface area contributed by atoms with E-state index >= 15 is 0 Å². The molecule has 0 unspecified atom stereocenters. The van der Waals surface area contributed by atoms with Crippen molar-refractivity contribution in [2.45, 2.75) is 0 Å². The maximum Gasteiger partial charge on any atom is 0.0546 e. The fourth-order valence-electron chi connectivity index (χ4n) is 8.75. The summed E-state index contributed by atoms with van der Waals surface area (Å²) in [6, 6.07) is 86.2. The van der Waals surface area contributed by atoms with E-state index < -0.39 is 0 Å². The molecule has 0 saturated carbocycles. The molecule has 11 aromatic rings. The maximum absolute atomic E-state index is 2.46. The summed E-state index contributed by atoms with van der Waals surface area (Å²) in [6.45, 7) is 0. The van der Waals surface area contributed by atoms with Gasteiger partial charge < -0.3 is 4.90 Å². The Bertz CT molecular complexity index is 3290. The van der Waals surface area contributed by atoms with Gasteiger partial charge in [-0.3, -0.25) is 0 Å². The van der Waals surface area contributed by atoms with Gasteiger partial charge in [-0.25, -0.2) is 0 Å². The summed E-state index contributed by atoms with van der Waals surface area (Å²) in [4.78, 5) is 2.46. The van der Waals surface area contributed by atoms with Crippen LogP contribution in [0.2, 0.25) is 0 Å². The summed E-state index contributed by atoms with van der Waals surface area (Å²) >= 11 is 1.86. The fourth-order valence-corrected chi connectivity index (χ4v) is 9.89. The molecule has 0 bridgehead atoms. The standard InChI is InChI=1S/C58H39NS/c1-3-15-44(16-4-1)50-20-9-10-22-54(50)58-51(45-17-5-2-6-18-45)23-13-24-55(58)59(49-36-37-53-52-21-11-12-25-56(52)60-57(53)39-49)48-34-32-42(33-35-48)41-26-28-43(29-27-41)47-31-30-40-14-7-8-19-46(40)38-47/h1-39H. The molecule has 1 aromatic heterocycles. The highest BCUT2D eigenvalue weighted by Crippen LogP contribution is 2.49. The van der Waals surface area contributed by atoms with Gasteiger partial charge in [0, 0.05) is 37.1 Å². The molecule has 0 atom stereocenters. The average molecular weight is 782 g/mol. The minimum absolute atomic E-state index is 1.09. The lowest BCUT2D eigenvalue weighted by molar-refractivity contribution is 1.29. The first kappa shape index (κ1) is 35.6. The first-order valence-corrected chi connectivity index (χ1v) is 21.3. The van der Waals surface area contributed by atoms with Crippen LogP contribution in [-0.4, -0.2) is 0 Å². The SMILES string of the molecule is c1ccc(-c2ccccc2-c2c(-c3ccccc3)cccc2N(c2ccc(-c3ccc(-c4ccc5ccccc5c4)cc3)cc2)c2ccc3c(c2)sc2ccccc23)cc1. The number of benzene rings is 10. The zero-order valence-corrected chi connectivity index (χ0v) is 33.7. The summed E-state index contributed by atoms with van der Waals surface area (Å²) < 4.78 is 2.57. The van der Waals surface area contributed by atoms with Crippen LogP contribution in [-0.2, 0) is 0 Å². The normalized spacial score (nSPS) is 11.3.